The predicted molar refractivity (Wildman–Crippen MR) is 78.6 cm³/mol. The SMILES string of the molecule is CCCNC(=O)CCNc1ncnc(OC(C)C)c1N. The van der Waals surface area contributed by atoms with Crippen molar-refractivity contribution in [3.8, 4) is 5.88 Å². The average Bonchev–Trinajstić information content (AvgIpc) is 2.40. The Bertz CT molecular complexity index is 437. The molecular weight excluding hydrogens is 258 g/mol. The molecule has 112 valence electrons. The summed E-state index contributed by atoms with van der Waals surface area (Å²) in [5.41, 5.74) is 6.27. The van der Waals surface area contributed by atoms with Gasteiger partial charge in [0.25, 0.3) is 0 Å². The van der Waals surface area contributed by atoms with Gasteiger partial charge in [0.1, 0.15) is 12.0 Å². The van der Waals surface area contributed by atoms with Gasteiger partial charge in [-0.2, -0.15) is 4.98 Å². The maximum atomic E-state index is 11.4. The number of nitrogens with two attached hydrogens (primary N) is 1. The molecule has 0 bridgehead atoms. The van der Waals surface area contributed by atoms with Crippen molar-refractivity contribution in [3.05, 3.63) is 6.33 Å². The number of nitrogens with one attached hydrogen (secondary N) is 2. The Morgan fingerprint density at radius 2 is 2.15 bits per heavy atom. The molecule has 0 saturated carbocycles. The highest BCUT2D eigenvalue weighted by Gasteiger charge is 2.10. The maximum Gasteiger partial charge on any atom is 0.242 e. The van der Waals surface area contributed by atoms with Crippen LogP contribution in [0.2, 0.25) is 0 Å². The van der Waals surface area contributed by atoms with Crippen LogP contribution in [0.1, 0.15) is 33.6 Å². The summed E-state index contributed by atoms with van der Waals surface area (Å²) in [7, 11) is 0. The van der Waals surface area contributed by atoms with Gasteiger partial charge in [-0.25, -0.2) is 4.98 Å². The minimum absolute atomic E-state index is 0.00521. The molecule has 0 aliphatic rings. The van der Waals surface area contributed by atoms with Gasteiger partial charge >= 0.3 is 0 Å². The van der Waals surface area contributed by atoms with Gasteiger partial charge < -0.3 is 21.1 Å². The first-order valence-electron chi connectivity index (χ1n) is 6.82. The molecule has 0 radical (unpaired) electrons. The van der Waals surface area contributed by atoms with Crippen LogP contribution in [-0.2, 0) is 4.79 Å². The Balaban J connectivity index is 2.50. The topological polar surface area (TPSA) is 102 Å². The zero-order chi connectivity index (χ0) is 15.0. The van der Waals surface area contributed by atoms with E-state index in [1.165, 1.54) is 6.33 Å². The van der Waals surface area contributed by atoms with Crippen LogP contribution in [0, 0.1) is 0 Å². The monoisotopic (exact) mass is 281 g/mol. The number of rotatable bonds is 8. The van der Waals surface area contributed by atoms with E-state index in [0.717, 1.165) is 6.42 Å². The number of hydrogen-bond donors (Lipinski definition) is 3. The molecule has 0 fully saturated rings. The molecule has 1 aromatic heterocycles. The highest BCUT2D eigenvalue weighted by atomic mass is 16.5. The lowest BCUT2D eigenvalue weighted by atomic mass is 10.3. The van der Waals surface area contributed by atoms with Crippen molar-refractivity contribution in [3.63, 3.8) is 0 Å². The van der Waals surface area contributed by atoms with Crippen LogP contribution in [0.25, 0.3) is 0 Å². The number of nitrogen functional groups attached to an aromatic ring is 1. The standard InChI is InChI=1S/C13H23N5O2/c1-4-6-15-10(19)5-7-16-12-11(14)13(18-8-17-12)20-9(2)3/h8-9H,4-7,14H2,1-3H3,(H,15,19)(H,16,17,18). The molecule has 7 heteroatoms. The van der Waals surface area contributed by atoms with Crippen LogP contribution in [0.4, 0.5) is 11.5 Å². The van der Waals surface area contributed by atoms with Gasteiger partial charge in [-0.1, -0.05) is 6.92 Å². The van der Waals surface area contributed by atoms with Crippen LogP contribution in [0.5, 0.6) is 5.88 Å². The first kappa shape index (κ1) is 16.0. The zero-order valence-electron chi connectivity index (χ0n) is 12.3. The second kappa shape index (κ2) is 8.19. The van der Waals surface area contributed by atoms with E-state index in [4.69, 9.17) is 10.5 Å². The lowest BCUT2D eigenvalue weighted by Crippen LogP contribution is -2.26. The number of amides is 1. The van der Waals surface area contributed by atoms with Crippen LogP contribution in [0.3, 0.4) is 0 Å². The molecule has 0 unspecified atom stereocenters. The fraction of sp³-hybridized carbons (Fsp3) is 0.615. The minimum atomic E-state index is -0.0140. The highest BCUT2D eigenvalue weighted by Crippen LogP contribution is 2.25. The molecule has 1 heterocycles. The van der Waals surface area contributed by atoms with Crippen molar-refractivity contribution >= 4 is 17.4 Å². The van der Waals surface area contributed by atoms with Crippen molar-refractivity contribution in [2.75, 3.05) is 24.1 Å². The number of nitrogens with zero attached hydrogens (tertiary/aromatic N) is 2. The number of ether oxygens (including phenoxy) is 1. The summed E-state index contributed by atoms with van der Waals surface area (Å²) < 4.78 is 5.47. The zero-order valence-corrected chi connectivity index (χ0v) is 12.3. The van der Waals surface area contributed by atoms with E-state index in [-0.39, 0.29) is 12.0 Å². The summed E-state index contributed by atoms with van der Waals surface area (Å²) in [6.45, 7) is 6.95. The molecule has 0 spiro atoms. The van der Waals surface area contributed by atoms with Gasteiger partial charge in [0, 0.05) is 19.5 Å². The average molecular weight is 281 g/mol. The van der Waals surface area contributed by atoms with Crippen LogP contribution >= 0.6 is 0 Å². The van der Waals surface area contributed by atoms with Gasteiger partial charge in [0.05, 0.1) is 6.10 Å². The molecule has 20 heavy (non-hydrogen) atoms. The maximum absolute atomic E-state index is 11.4. The molecule has 0 saturated heterocycles. The van der Waals surface area contributed by atoms with Gasteiger partial charge in [-0.3, -0.25) is 4.79 Å². The molecule has 0 aliphatic heterocycles. The molecule has 1 rings (SSSR count). The first-order valence-corrected chi connectivity index (χ1v) is 6.82. The second-order valence-electron chi connectivity index (χ2n) is 4.63. The van der Waals surface area contributed by atoms with E-state index < -0.39 is 0 Å². The first-order chi connectivity index (χ1) is 9.54. The Labute approximate surface area is 119 Å². The molecule has 1 aromatic rings. The molecule has 0 aliphatic carbocycles. The molecular formula is C13H23N5O2. The smallest absolute Gasteiger partial charge is 0.242 e. The van der Waals surface area contributed by atoms with E-state index in [9.17, 15) is 4.79 Å². The molecule has 0 aromatic carbocycles. The van der Waals surface area contributed by atoms with E-state index in [0.29, 0.717) is 36.9 Å². The third-order valence-corrected chi connectivity index (χ3v) is 2.41. The molecule has 1 amide bonds. The van der Waals surface area contributed by atoms with Crippen LogP contribution < -0.4 is 21.1 Å². The van der Waals surface area contributed by atoms with E-state index in [1.54, 1.807) is 0 Å². The normalized spacial score (nSPS) is 10.4. The van der Waals surface area contributed by atoms with Gasteiger partial charge in [-0.05, 0) is 20.3 Å². The van der Waals surface area contributed by atoms with Crippen molar-refractivity contribution in [1.29, 1.82) is 0 Å². The Hall–Kier alpha value is -2.05. The Morgan fingerprint density at radius 1 is 1.40 bits per heavy atom. The molecule has 7 nitrogen and oxygen atoms in total. The number of hydrogen-bond acceptors (Lipinski definition) is 6. The number of carbonyl (C=O) groups excluding carboxylic acids is 1. The molecule has 4 N–H and O–H groups in total. The quantitative estimate of drug-likeness (QED) is 0.661. The highest BCUT2D eigenvalue weighted by molar-refractivity contribution is 5.76. The van der Waals surface area contributed by atoms with E-state index in [1.807, 2.05) is 20.8 Å². The summed E-state index contributed by atoms with van der Waals surface area (Å²) in [5.74, 6) is 0.845. The summed E-state index contributed by atoms with van der Waals surface area (Å²) in [5, 5.41) is 5.82. The lowest BCUT2D eigenvalue weighted by Gasteiger charge is -2.13. The second-order valence-corrected chi connectivity index (χ2v) is 4.63. The van der Waals surface area contributed by atoms with Gasteiger partial charge in [-0.15, -0.1) is 0 Å². The number of carbonyl (C=O) groups is 1. The summed E-state index contributed by atoms with van der Waals surface area (Å²) in [4.78, 5) is 19.5. The van der Waals surface area contributed by atoms with Crippen molar-refractivity contribution < 1.29 is 9.53 Å². The third kappa shape index (κ3) is 5.29. The summed E-state index contributed by atoms with van der Waals surface area (Å²) >= 11 is 0. The Morgan fingerprint density at radius 3 is 2.80 bits per heavy atom. The van der Waals surface area contributed by atoms with Crippen molar-refractivity contribution in [2.45, 2.75) is 39.7 Å². The molecule has 0 atom stereocenters. The van der Waals surface area contributed by atoms with E-state index >= 15 is 0 Å². The summed E-state index contributed by atoms with van der Waals surface area (Å²) in [6, 6.07) is 0. The number of aromatic nitrogens is 2. The summed E-state index contributed by atoms with van der Waals surface area (Å²) in [6.07, 6.45) is 2.66. The van der Waals surface area contributed by atoms with Crippen LogP contribution in [-0.4, -0.2) is 35.1 Å². The predicted octanol–water partition coefficient (Wildman–Crippen LogP) is 1.17. The fourth-order valence-corrected chi connectivity index (χ4v) is 1.48. The fourth-order valence-electron chi connectivity index (χ4n) is 1.48. The van der Waals surface area contributed by atoms with Crippen LogP contribution in [0.15, 0.2) is 6.33 Å². The van der Waals surface area contributed by atoms with Gasteiger partial charge in [0.15, 0.2) is 5.82 Å². The van der Waals surface area contributed by atoms with Gasteiger partial charge in [0.2, 0.25) is 11.8 Å². The minimum Gasteiger partial charge on any atom is -0.473 e. The van der Waals surface area contributed by atoms with Crippen molar-refractivity contribution in [2.24, 2.45) is 0 Å². The third-order valence-electron chi connectivity index (χ3n) is 2.41. The Kier molecular flexibility index (Phi) is 6.55. The number of anilines is 2. The van der Waals surface area contributed by atoms with E-state index in [2.05, 4.69) is 20.6 Å². The largest absolute Gasteiger partial charge is 0.473 e. The lowest BCUT2D eigenvalue weighted by molar-refractivity contribution is -0.120. The van der Waals surface area contributed by atoms with Crippen molar-refractivity contribution in [1.82, 2.24) is 15.3 Å².